The summed E-state index contributed by atoms with van der Waals surface area (Å²) in [6, 6.07) is 17.1. The average Bonchev–Trinajstić information content (AvgIpc) is 2.75. The number of nitro groups is 1. The van der Waals surface area contributed by atoms with Crippen LogP contribution >= 0.6 is 0 Å². The molecule has 0 saturated heterocycles. The Hall–Kier alpha value is -4.21. The van der Waals surface area contributed by atoms with Gasteiger partial charge in [-0.15, -0.1) is 0 Å². The van der Waals surface area contributed by atoms with E-state index >= 15 is 0 Å². The Morgan fingerprint density at radius 2 is 1.65 bits per heavy atom. The van der Waals surface area contributed by atoms with Crippen LogP contribution in [0, 0.1) is 10.1 Å². The first-order valence-corrected chi connectivity index (χ1v) is 8.83. The number of nitrogens with one attached hydrogen (secondary N) is 1. The van der Waals surface area contributed by atoms with Gasteiger partial charge in [-0.3, -0.25) is 14.9 Å². The third kappa shape index (κ3) is 5.44. The number of nitrogens with zero attached hydrogens (tertiary/aromatic N) is 1. The molecule has 0 aliphatic rings. The van der Waals surface area contributed by atoms with Crippen molar-refractivity contribution >= 4 is 17.3 Å². The number of methoxy groups -OCH3 is 1. The smallest absolute Gasteiger partial charge is 0.387 e. The summed E-state index contributed by atoms with van der Waals surface area (Å²) < 4.78 is 39.9. The zero-order valence-electron chi connectivity index (χ0n) is 16.1. The molecule has 0 aliphatic heterocycles. The van der Waals surface area contributed by atoms with Gasteiger partial charge in [-0.1, -0.05) is 18.2 Å². The minimum absolute atomic E-state index is 0.248. The number of ether oxygens (including phenoxy) is 3. The van der Waals surface area contributed by atoms with Crippen LogP contribution in [0.25, 0.3) is 0 Å². The Bertz CT molecular complexity index is 1080. The van der Waals surface area contributed by atoms with Crippen LogP contribution in [0.5, 0.6) is 23.0 Å². The number of anilines is 1. The molecule has 0 aromatic heterocycles. The number of carbonyl (C=O) groups is 1. The lowest BCUT2D eigenvalue weighted by Gasteiger charge is -2.12. The average molecular weight is 430 g/mol. The number of amides is 1. The van der Waals surface area contributed by atoms with E-state index < -0.39 is 28.9 Å². The van der Waals surface area contributed by atoms with Crippen molar-refractivity contribution in [3.8, 4) is 23.0 Å². The van der Waals surface area contributed by atoms with Crippen LogP contribution in [0.1, 0.15) is 10.4 Å². The summed E-state index contributed by atoms with van der Waals surface area (Å²) in [5.41, 5.74) is -0.752. The highest BCUT2D eigenvalue weighted by atomic mass is 19.3. The minimum Gasteiger partial charge on any atom is -0.493 e. The van der Waals surface area contributed by atoms with Gasteiger partial charge in [0.1, 0.15) is 17.1 Å². The zero-order chi connectivity index (χ0) is 22.4. The lowest BCUT2D eigenvalue weighted by atomic mass is 10.1. The van der Waals surface area contributed by atoms with Crippen molar-refractivity contribution in [3.05, 3.63) is 82.4 Å². The molecule has 0 saturated carbocycles. The van der Waals surface area contributed by atoms with Crippen molar-refractivity contribution in [2.45, 2.75) is 6.61 Å². The maximum atomic E-state index is 12.6. The number of rotatable bonds is 8. The molecule has 0 unspecified atom stereocenters. The molecule has 0 bridgehead atoms. The van der Waals surface area contributed by atoms with Gasteiger partial charge in [0.05, 0.1) is 18.1 Å². The van der Waals surface area contributed by atoms with Crippen LogP contribution in [-0.2, 0) is 0 Å². The molecule has 8 nitrogen and oxygen atoms in total. The summed E-state index contributed by atoms with van der Waals surface area (Å²) >= 11 is 0. The van der Waals surface area contributed by atoms with E-state index in [0.717, 1.165) is 19.2 Å². The van der Waals surface area contributed by atoms with Gasteiger partial charge in [0.25, 0.3) is 11.6 Å². The van der Waals surface area contributed by atoms with Gasteiger partial charge in [0, 0.05) is 11.8 Å². The first-order valence-electron chi connectivity index (χ1n) is 8.83. The highest BCUT2D eigenvalue weighted by Gasteiger charge is 2.26. The van der Waals surface area contributed by atoms with Gasteiger partial charge in [-0.2, -0.15) is 8.78 Å². The Morgan fingerprint density at radius 1 is 1.00 bits per heavy atom. The number of hydrogen-bond acceptors (Lipinski definition) is 6. The van der Waals surface area contributed by atoms with Gasteiger partial charge in [0.2, 0.25) is 0 Å². The normalized spacial score (nSPS) is 10.5. The van der Waals surface area contributed by atoms with Crippen molar-refractivity contribution < 1.29 is 32.7 Å². The fourth-order valence-electron chi connectivity index (χ4n) is 2.66. The molecule has 0 heterocycles. The Kier molecular flexibility index (Phi) is 6.61. The Labute approximate surface area is 175 Å². The number of alkyl halides is 2. The maximum Gasteiger partial charge on any atom is 0.387 e. The molecule has 10 heteroatoms. The second kappa shape index (κ2) is 9.53. The monoisotopic (exact) mass is 430 g/mol. The number of hydrogen-bond donors (Lipinski definition) is 1. The molecule has 3 aromatic rings. The molecule has 31 heavy (non-hydrogen) atoms. The van der Waals surface area contributed by atoms with Gasteiger partial charge in [-0.05, 0) is 36.4 Å². The summed E-state index contributed by atoms with van der Waals surface area (Å²) in [5, 5.41) is 13.9. The second-order valence-corrected chi connectivity index (χ2v) is 6.05. The van der Waals surface area contributed by atoms with Crippen LogP contribution < -0.4 is 19.5 Å². The molecule has 3 aromatic carbocycles. The van der Waals surface area contributed by atoms with Crippen molar-refractivity contribution in [2.75, 3.05) is 12.4 Å². The number of para-hydroxylation sites is 1. The number of nitro benzene ring substituents is 1. The molecule has 0 radical (unpaired) electrons. The molecule has 1 amide bonds. The molecule has 160 valence electrons. The van der Waals surface area contributed by atoms with E-state index in [4.69, 9.17) is 9.47 Å². The molecule has 0 fully saturated rings. The number of benzene rings is 3. The van der Waals surface area contributed by atoms with Gasteiger partial charge in [0.15, 0.2) is 11.5 Å². The van der Waals surface area contributed by atoms with E-state index in [9.17, 15) is 23.7 Å². The fraction of sp³-hybridized carbons (Fsp3) is 0.0952. The Balaban J connectivity index is 1.81. The van der Waals surface area contributed by atoms with Gasteiger partial charge in [-0.25, -0.2) is 0 Å². The van der Waals surface area contributed by atoms with Crippen LogP contribution in [0.15, 0.2) is 66.7 Å². The molecule has 0 aliphatic carbocycles. The van der Waals surface area contributed by atoms with E-state index in [-0.39, 0.29) is 11.3 Å². The van der Waals surface area contributed by atoms with Gasteiger partial charge >= 0.3 is 6.61 Å². The second-order valence-electron chi connectivity index (χ2n) is 6.05. The summed E-state index contributed by atoms with van der Waals surface area (Å²) in [7, 11) is 1.16. The quantitative estimate of drug-likeness (QED) is 0.387. The van der Waals surface area contributed by atoms with E-state index in [0.29, 0.717) is 17.2 Å². The van der Waals surface area contributed by atoms with E-state index in [1.54, 1.807) is 36.4 Å². The predicted octanol–water partition coefficient (Wildman–Crippen LogP) is 5.25. The SMILES string of the molecule is COc1cc(C(=O)Nc2ccc(Oc3ccccc3)cc2)c([N+](=O)[O-])cc1OC(F)F. The van der Waals surface area contributed by atoms with Gasteiger partial charge < -0.3 is 19.5 Å². The van der Waals surface area contributed by atoms with E-state index in [1.165, 1.54) is 0 Å². The lowest BCUT2D eigenvalue weighted by Crippen LogP contribution is -2.15. The highest BCUT2D eigenvalue weighted by molar-refractivity contribution is 6.07. The first-order chi connectivity index (χ1) is 14.9. The largest absolute Gasteiger partial charge is 0.493 e. The van der Waals surface area contributed by atoms with Crippen molar-refractivity contribution in [1.29, 1.82) is 0 Å². The third-order valence-corrected chi connectivity index (χ3v) is 4.03. The summed E-state index contributed by atoms with van der Waals surface area (Å²) in [6.45, 7) is -3.22. The van der Waals surface area contributed by atoms with E-state index in [1.807, 2.05) is 18.2 Å². The number of halogens is 2. The van der Waals surface area contributed by atoms with Crippen LogP contribution in [0.2, 0.25) is 0 Å². The fourth-order valence-corrected chi connectivity index (χ4v) is 2.66. The molecular weight excluding hydrogens is 414 g/mol. The Morgan fingerprint density at radius 3 is 2.23 bits per heavy atom. The predicted molar refractivity (Wildman–Crippen MR) is 107 cm³/mol. The van der Waals surface area contributed by atoms with Crippen LogP contribution in [0.3, 0.4) is 0 Å². The lowest BCUT2D eigenvalue weighted by molar-refractivity contribution is -0.385. The molecule has 0 spiro atoms. The van der Waals surface area contributed by atoms with Crippen molar-refractivity contribution in [3.63, 3.8) is 0 Å². The van der Waals surface area contributed by atoms with Crippen LogP contribution in [0.4, 0.5) is 20.2 Å². The van der Waals surface area contributed by atoms with E-state index in [2.05, 4.69) is 10.1 Å². The van der Waals surface area contributed by atoms with Crippen LogP contribution in [-0.4, -0.2) is 24.6 Å². The molecule has 1 N–H and O–H groups in total. The maximum absolute atomic E-state index is 12.6. The highest BCUT2D eigenvalue weighted by Crippen LogP contribution is 2.36. The minimum atomic E-state index is -3.22. The third-order valence-electron chi connectivity index (χ3n) is 4.03. The summed E-state index contributed by atoms with van der Waals surface area (Å²) in [4.78, 5) is 23.1. The molecule has 3 rings (SSSR count). The van der Waals surface area contributed by atoms with Crippen molar-refractivity contribution in [2.24, 2.45) is 0 Å². The topological polar surface area (TPSA) is 99.9 Å². The summed E-state index contributed by atoms with van der Waals surface area (Å²) in [5.74, 6) is -0.477. The molecular formula is C21H16F2N2O6. The standard InChI is InChI=1S/C21H16F2N2O6/c1-29-18-11-16(17(25(27)28)12-19(18)31-21(22)23)20(26)24-13-7-9-15(10-8-13)30-14-5-3-2-4-6-14/h2-12,21H,1H3,(H,24,26). The first kappa shape index (κ1) is 21.5. The summed E-state index contributed by atoms with van der Waals surface area (Å²) in [6.07, 6.45) is 0. The zero-order valence-corrected chi connectivity index (χ0v) is 16.1. The molecule has 0 atom stereocenters. The van der Waals surface area contributed by atoms with Crippen molar-refractivity contribution in [1.82, 2.24) is 0 Å². The number of carbonyl (C=O) groups excluding carboxylic acids is 1.